The number of thiazole rings is 1. The summed E-state index contributed by atoms with van der Waals surface area (Å²) < 4.78 is 11.5. The molecule has 3 aromatic heterocycles. The molecule has 0 unspecified atom stereocenters. The van der Waals surface area contributed by atoms with Gasteiger partial charge in [-0.1, -0.05) is 17.3 Å². The largest absolute Gasteiger partial charge is 0.461 e. The molecular weight excluding hydrogens is 338 g/mol. The first-order valence-corrected chi connectivity index (χ1v) is 8.74. The molecule has 1 aromatic carbocycles. The second kappa shape index (κ2) is 6.90. The van der Waals surface area contributed by atoms with Gasteiger partial charge in [-0.05, 0) is 30.7 Å². The smallest absolute Gasteiger partial charge is 0.273 e. The number of furan rings is 1. The first-order chi connectivity index (χ1) is 12.3. The number of nitrogens with one attached hydrogen (secondary N) is 1. The van der Waals surface area contributed by atoms with Gasteiger partial charge in [0.05, 0.1) is 21.5 Å². The lowest BCUT2D eigenvalue weighted by atomic mass is 10.3. The molecule has 1 N–H and O–H groups in total. The van der Waals surface area contributed by atoms with E-state index in [4.69, 9.17) is 8.94 Å². The summed E-state index contributed by atoms with van der Waals surface area (Å²) in [5.41, 5.74) is 1.27. The molecule has 0 radical (unpaired) electrons. The van der Waals surface area contributed by atoms with Crippen molar-refractivity contribution in [1.29, 1.82) is 0 Å². The van der Waals surface area contributed by atoms with Crippen molar-refractivity contribution in [3.63, 3.8) is 0 Å². The van der Waals surface area contributed by atoms with Gasteiger partial charge in [-0.3, -0.25) is 4.79 Å². The Labute approximate surface area is 147 Å². The Morgan fingerprint density at radius 1 is 1.16 bits per heavy atom. The zero-order valence-electron chi connectivity index (χ0n) is 13.3. The van der Waals surface area contributed by atoms with E-state index in [1.54, 1.807) is 35.8 Å². The molecule has 0 aliphatic rings. The monoisotopic (exact) mass is 353 g/mol. The molecule has 25 heavy (non-hydrogen) atoms. The number of aromatic nitrogens is 2. The fraction of sp³-hybridized carbons (Fsp3) is 0.167. The van der Waals surface area contributed by atoms with Crippen molar-refractivity contribution < 1.29 is 13.7 Å². The number of carbonyl (C=O) groups excluding carboxylic acids is 1. The van der Waals surface area contributed by atoms with Crippen LogP contribution in [0.3, 0.4) is 0 Å². The van der Waals surface area contributed by atoms with E-state index >= 15 is 0 Å². The molecule has 7 heteroatoms. The van der Waals surface area contributed by atoms with Crippen molar-refractivity contribution in [2.45, 2.75) is 12.8 Å². The number of amides is 1. The van der Waals surface area contributed by atoms with Crippen LogP contribution in [-0.4, -0.2) is 22.6 Å². The summed E-state index contributed by atoms with van der Waals surface area (Å²) in [4.78, 5) is 16.7. The van der Waals surface area contributed by atoms with Crippen LogP contribution in [-0.2, 0) is 6.42 Å². The molecule has 0 fully saturated rings. The van der Waals surface area contributed by atoms with Crippen molar-refractivity contribution in [3.05, 3.63) is 59.4 Å². The lowest BCUT2D eigenvalue weighted by Gasteiger charge is -2.00. The third kappa shape index (κ3) is 3.46. The molecule has 3 heterocycles. The topological polar surface area (TPSA) is 81.2 Å². The Hall–Kier alpha value is -2.93. The van der Waals surface area contributed by atoms with Gasteiger partial charge in [0.15, 0.2) is 11.5 Å². The first-order valence-electron chi connectivity index (χ1n) is 7.93. The number of hydrogen-bond donors (Lipinski definition) is 1. The van der Waals surface area contributed by atoms with Crippen LogP contribution in [0.1, 0.15) is 21.9 Å². The normalized spacial score (nSPS) is 11.0. The molecule has 1 amide bonds. The van der Waals surface area contributed by atoms with Gasteiger partial charge in [-0.2, -0.15) is 0 Å². The fourth-order valence-corrected chi connectivity index (χ4v) is 3.49. The van der Waals surface area contributed by atoms with Crippen LogP contribution in [0.15, 0.2) is 57.7 Å². The van der Waals surface area contributed by atoms with Crippen molar-refractivity contribution in [1.82, 2.24) is 15.5 Å². The van der Waals surface area contributed by atoms with Gasteiger partial charge in [-0.15, -0.1) is 11.3 Å². The van der Waals surface area contributed by atoms with Crippen LogP contribution >= 0.6 is 11.3 Å². The quantitative estimate of drug-likeness (QED) is 0.532. The average molecular weight is 353 g/mol. The van der Waals surface area contributed by atoms with Crippen molar-refractivity contribution in [3.8, 4) is 11.5 Å². The highest BCUT2D eigenvalue weighted by Crippen LogP contribution is 2.22. The van der Waals surface area contributed by atoms with Gasteiger partial charge in [-0.25, -0.2) is 4.98 Å². The van der Waals surface area contributed by atoms with Gasteiger partial charge >= 0.3 is 0 Å². The Bertz CT molecular complexity index is 955. The molecular formula is C18H15N3O3S. The maximum absolute atomic E-state index is 12.1. The number of nitrogens with zero attached hydrogens (tertiary/aromatic N) is 2. The van der Waals surface area contributed by atoms with E-state index in [2.05, 4.69) is 21.5 Å². The molecule has 0 atom stereocenters. The molecule has 0 aliphatic heterocycles. The number of fused-ring (bicyclic) bond motifs is 1. The van der Waals surface area contributed by atoms with Gasteiger partial charge in [0.25, 0.3) is 5.91 Å². The van der Waals surface area contributed by atoms with Gasteiger partial charge < -0.3 is 14.3 Å². The number of carbonyl (C=O) groups is 1. The molecule has 0 saturated carbocycles. The number of aryl methyl sites for hydroxylation is 1. The van der Waals surface area contributed by atoms with E-state index in [1.165, 1.54) is 4.70 Å². The molecule has 4 rings (SSSR count). The van der Waals surface area contributed by atoms with E-state index in [0.717, 1.165) is 23.4 Å². The summed E-state index contributed by atoms with van der Waals surface area (Å²) in [6, 6.07) is 13.2. The third-order valence-corrected chi connectivity index (χ3v) is 4.79. The van der Waals surface area contributed by atoms with Crippen molar-refractivity contribution >= 4 is 27.5 Å². The van der Waals surface area contributed by atoms with Crippen molar-refractivity contribution in [2.75, 3.05) is 6.54 Å². The van der Waals surface area contributed by atoms with Gasteiger partial charge in [0.1, 0.15) is 0 Å². The van der Waals surface area contributed by atoms with E-state index in [0.29, 0.717) is 18.1 Å². The molecule has 6 nitrogen and oxygen atoms in total. The maximum Gasteiger partial charge on any atom is 0.273 e. The Balaban J connectivity index is 1.29. The Morgan fingerprint density at radius 2 is 2.08 bits per heavy atom. The summed E-state index contributed by atoms with van der Waals surface area (Å²) in [7, 11) is 0. The van der Waals surface area contributed by atoms with Crippen LogP contribution in [0.5, 0.6) is 0 Å². The lowest BCUT2D eigenvalue weighted by Crippen LogP contribution is -2.25. The maximum atomic E-state index is 12.1. The van der Waals surface area contributed by atoms with Crippen LogP contribution in [0.2, 0.25) is 0 Å². The number of benzene rings is 1. The zero-order chi connectivity index (χ0) is 17.1. The summed E-state index contributed by atoms with van der Waals surface area (Å²) in [6.07, 6.45) is 3.18. The molecule has 4 aromatic rings. The zero-order valence-corrected chi connectivity index (χ0v) is 14.1. The molecule has 0 spiro atoms. The van der Waals surface area contributed by atoms with Crippen LogP contribution < -0.4 is 5.32 Å². The second-order valence-electron chi connectivity index (χ2n) is 5.49. The Morgan fingerprint density at radius 3 is 2.92 bits per heavy atom. The highest BCUT2D eigenvalue weighted by molar-refractivity contribution is 7.18. The molecule has 0 bridgehead atoms. The summed E-state index contributed by atoms with van der Waals surface area (Å²) in [5, 5.41) is 7.71. The summed E-state index contributed by atoms with van der Waals surface area (Å²) in [6.45, 7) is 0.553. The minimum Gasteiger partial charge on any atom is -0.461 e. The standard InChI is InChI=1S/C18H15N3O3S/c22-18(13-11-15(24-21-13)14-6-4-10-23-14)19-9-3-8-17-20-12-5-1-2-7-16(12)25-17/h1-2,4-7,10-11H,3,8-9H2,(H,19,22). The van der Waals surface area contributed by atoms with Gasteiger partial charge in [0.2, 0.25) is 5.76 Å². The predicted molar refractivity (Wildman–Crippen MR) is 94.5 cm³/mol. The molecule has 126 valence electrons. The summed E-state index contributed by atoms with van der Waals surface area (Å²) >= 11 is 1.69. The van der Waals surface area contributed by atoms with E-state index < -0.39 is 0 Å². The molecule has 0 saturated heterocycles. The number of para-hydroxylation sites is 1. The Kier molecular flexibility index (Phi) is 4.30. The highest BCUT2D eigenvalue weighted by atomic mass is 32.1. The van der Waals surface area contributed by atoms with Crippen LogP contribution in [0, 0.1) is 0 Å². The van der Waals surface area contributed by atoms with Gasteiger partial charge in [0, 0.05) is 19.0 Å². The van der Waals surface area contributed by atoms with Crippen LogP contribution in [0.4, 0.5) is 0 Å². The highest BCUT2D eigenvalue weighted by Gasteiger charge is 2.14. The number of hydrogen-bond acceptors (Lipinski definition) is 6. The van der Waals surface area contributed by atoms with E-state index in [1.807, 2.05) is 18.2 Å². The van der Waals surface area contributed by atoms with Crippen LogP contribution in [0.25, 0.3) is 21.7 Å². The fourth-order valence-electron chi connectivity index (χ4n) is 2.48. The van der Waals surface area contributed by atoms with Crippen molar-refractivity contribution in [2.24, 2.45) is 0 Å². The minimum absolute atomic E-state index is 0.242. The molecule has 0 aliphatic carbocycles. The minimum atomic E-state index is -0.258. The second-order valence-corrected chi connectivity index (χ2v) is 6.60. The van der Waals surface area contributed by atoms with E-state index in [9.17, 15) is 4.79 Å². The lowest BCUT2D eigenvalue weighted by molar-refractivity contribution is 0.0944. The SMILES string of the molecule is O=C(NCCCc1nc2ccccc2s1)c1cc(-c2ccco2)on1. The predicted octanol–water partition coefficient (Wildman–Crippen LogP) is 3.91. The first kappa shape index (κ1) is 15.6. The third-order valence-electron chi connectivity index (χ3n) is 3.70. The van der Waals surface area contributed by atoms with E-state index in [-0.39, 0.29) is 11.6 Å². The average Bonchev–Trinajstić information content (AvgIpc) is 3.37. The summed E-state index contributed by atoms with van der Waals surface area (Å²) in [5.74, 6) is 0.720. The number of rotatable bonds is 6.